The summed E-state index contributed by atoms with van der Waals surface area (Å²) in [6, 6.07) is 5.77. The van der Waals surface area contributed by atoms with E-state index in [2.05, 4.69) is 4.98 Å². The zero-order chi connectivity index (χ0) is 11.8. The molecule has 2 heterocycles. The van der Waals surface area contributed by atoms with Gasteiger partial charge in [-0.05, 0) is 12.1 Å². The summed E-state index contributed by atoms with van der Waals surface area (Å²) in [5.41, 5.74) is 1.90. The molecule has 0 radical (unpaired) electrons. The van der Waals surface area contributed by atoms with E-state index in [-0.39, 0.29) is 0 Å². The quantitative estimate of drug-likeness (QED) is 0.794. The van der Waals surface area contributed by atoms with Gasteiger partial charge < -0.3 is 14.2 Å². The number of aromatic nitrogens is 1. The predicted octanol–water partition coefficient (Wildman–Crippen LogP) is 2.19. The minimum absolute atomic E-state index is 0.673. The highest BCUT2D eigenvalue weighted by Gasteiger charge is 2.21. The Morgan fingerprint density at radius 2 is 2.12 bits per heavy atom. The van der Waals surface area contributed by atoms with Crippen molar-refractivity contribution < 1.29 is 14.2 Å². The molecular weight excluding hydrogens is 218 g/mol. The molecule has 4 heteroatoms. The maximum atomic E-state index is 5.49. The third kappa shape index (κ3) is 1.48. The van der Waals surface area contributed by atoms with Crippen molar-refractivity contribution in [1.82, 2.24) is 4.98 Å². The Hall–Kier alpha value is -1.97. The Labute approximate surface area is 99.1 Å². The molecule has 0 saturated heterocycles. The van der Waals surface area contributed by atoms with Crippen LogP contribution in [0, 0.1) is 0 Å². The van der Waals surface area contributed by atoms with Crippen LogP contribution in [0.3, 0.4) is 0 Å². The molecule has 0 aliphatic carbocycles. The van der Waals surface area contributed by atoms with E-state index in [1.165, 1.54) is 0 Å². The van der Waals surface area contributed by atoms with Crippen LogP contribution < -0.4 is 14.2 Å². The lowest BCUT2D eigenvalue weighted by Crippen LogP contribution is -1.94. The first kappa shape index (κ1) is 10.2. The number of ether oxygens (including phenoxy) is 3. The highest BCUT2D eigenvalue weighted by atomic mass is 16.5. The van der Waals surface area contributed by atoms with Crippen molar-refractivity contribution >= 4 is 10.9 Å². The largest absolute Gasteiger partial charge is 0.497 e. The van der Waals surface area contributed by atoms with Gasteiger partial charge in [0.15, 0.2) is 0 Å². The van der Waals surface area contributed by atoms with E-state index in [1.807, 2.05) is 18.2 Å². The Morgan fingerprint density at radius 1 is 1.24 bits per heavy atom. The topological polar surface area (TPSA) is 40.6 Å². The third-order valence-electron chi connectivity index (χ3n) is 3.00. The van der Waals surface area contributed by atoms with E-state index in [9.17, 15) is 0 Å². The fraction of sp³-hybridized carbons (Fsp3) is 0.308. The molecule has 88 valence electrons. The monoisotopic (exact) mass is 231 g/mol. The number of fused-ring (bicyclic) bond motifs is 2. The zero-order valence-corrected chi connectivity index (χ0v) is 9.82. The maximum absolute atomic E-state index is 5.49. The van der Waals surface area contributed by atoms with Gasteiger partial charge in [0.05, 0.1) is 31.9 Å². The lowest BCUT2D eigenvalue weighted by atomic mass is 10.1. The Balaban J connectivity index is 2.32. The number of hydrogen-bond donors (Lipinski definition) is 0. The normalized spacial score (nSPS) is 13.3. The summed E-state index contributed by atoms with van der Waals surface area (Å²) in [5, 5.41) is 0.998. The lowest BCUT2D eigenvalue weighted by molar-refractivity contribution is 0.345. The molecule has 0 unspecified atom stereocenters. The molecule has 0 fully saturated rings. The first-order valence-electron chi connectivity index (χ1n) is 5.51. The predicted molar refractivity (Wildman–Crippen MR) is 64.0 cm³/mol. The molecule has 1 aromatic heterocycles. The molecule has 0 saturated carbocycles. The van der Waals surface area contributed by atoms with Crippen molar-refractivity contribution in [2.75, 3.05) is 20.8 Å². The van der Waals surface area contributed by atoms with Gasteiger partial charge in [-0.25, -0.2) is 4.98 Å². The van der Waals surface area contributed by atoms with Crippen LogP contribution in [0.2, 0.25) is 0 Å². The molecule has 1 aromatic carbocycles. The standard InChI is InChI=1S/C13H13NO3/c1-15-8-3-4-9-11(7-8)14-13-10(5-6-17-13)12(9)16-2/h3-4,7H,5-6H2,1-2H3. The second-order valence-corrected chi connectivity index (χ2v) is 3.91. The minimum atomic E-state index is 0.673. The summed E-state index contributed by atoms with van der Waals surface area (Å²) in [5.74, 6) is 2.33. The van der Waals surface area contributed by atoms with E-state index in [1.54, 1.807) is 14.2 Å². The Kier molecular flexibility index (Phi) is 2.28. The molecule has 0 amide bonds. The number of methoxy groups -OCH3 is 2. The van der Waals surface area contributed by atoms with Gasteiger partial charge in [0, 0.05) is 17.9 Å². The van der Waals surface area contributed by atoms with Crippen LogP contribution in [-0.2, 0) is 6.42 Å². The van der Waals surface area contributed by atoms with Crippen molar-refractivity contribution in [3.8, 4) is 17.4 Å². The first-order chi connectivity index (χ1) is 8.33. The SMILES string of the molecule is COc1ccc2c(OC)c3c(nc2c1)OCC3. The van der Waals surface area contributed by atoms with Gasteiger partial charge in [-0.15, -0.1) is 0 Å². The number of pyridine rings is 1. The van der Waals surface area contributed by atoms with E-state index >= 15 is 0 Å². The summed E-state index contributed by atoms with van der Waals surface area (Å²) in [7, 11) is 3.32. The van der Waals surface area contributed by atoms with E-state index in [4.69, 9.17) is 14.2 Å². The Bertz CT molecular complexity index is 580. The first-order valence-corrected chi connectivity index (χ1v) is 5.51. The van der Waals surface area contributed by atoms with Crippen LogP contribution in [-0.4, -0.2) is 25.8 Å². The third-order valence-corrected chi connectivity index (χ3v) is 3.00. The molecule has 1 aliphatic heterocycles. The fourth-order valence-corrected chi connectivity index (χ4v) is 2.18. The smallest absolute Gasteiger partial charge is 0.221 e. The van der Waals surface area contributed by atoms with Crippen molar-refractivity contribution in [2.24, 2.45) is 0 Å². The lowest BCUT2D eigenvalue weighted by Gasteiger charge is -2.10. The summed E-state index contributed by atoms with van der Waals surface area (Å²) >= 11 is 0. The second kappa shape index (κ2) is 3.80. The van der Waals surface area contributed by atoms with Crippen LogP contribution in [0.25, 0.3) is 10.9 Å². The van der Waals surface area contributed by atoms with Gasteiger partial charge in [-0.1, -0.05) is 0 Å². The maximum Gasteiger partial charge on any atom is 0.221 e. The molecule has 0 atom stereocenters. The van der Waals surface area contributed by atoms with Crippen LogP contribution in [0.15, 0.2) is 18.2 Å². The summed E-state index contributed by atoms with van der Waals surface area (Å²) in [4.78, 5) is 4.49. The van der Waals surface area contributed by atoms with Gasteiger partial charge in [-0.2, -0.15) is 0 Å². The summed E-state index contributed by atoms with van der Waals surface area (Å²) < 4.78 is 16.2. The average molecular weight is 231 g/mol. The molecule has 17 heavy (non-hydrogen) atoms. The van der Waals surface area contributed by atoms with E-state index in [0.717, 1.165) is 34.4 Å². The van der Waals surface area contributed by atoms with Crippen LogP contribution in [0.5, 0.6) is 17.4 Å². The van der Waals surface area contributed by atoms with Gasteiger partial charge in [0.1, 0.15) is 11.5 Å². The molecule has 0 bridgehead atoms. The second-order valence-electron chi connectivity index (χ2n) is 3.91. The number of nitrogens with zero attached hydrogens (tertiary/aromatic N) is 1. The molecule has 0 spiro atoms. The molecule has 0 N–H and O–H groups in total. The minimum Gasteiger partial charge on any atom is -0.497 e. The highest BCUT2D eigenvalue weighted by molar-refractivity contribution is 5.88. The van der Waals surface area contributed by atoms with Crippen molar-refractivity contribution in [3.05, 3.63) is 23.8 Å². The average Bonchev–Trinajstić information content (AvgIpc) is 2.82. The number of hydrogen-bond acceptors (Lipinski definition) is 4. The van der Waals surface area contributed by atoms with Gasteiger partial charge in [0.2, 0.25) is 5.88 Å². The van der Waals surface area contributed by atoms with E-state index in [0.29, 0.717) is 12.5 Å². The zero-order valence-electron chi connectivity index (χ0n) is 9.82. The Morgan fingerprint density at radius 3 is 2.88 bits per heavy atom. The van der Waals surface area contributed by atoms with Crippen LogP contribution in [0.4, 0.5) is 0 Å². The molecule has 4 nitrogen and oxygen atoms in total. The van der Waals surface area contributed by atoms with Crippen molar-refractivity contribution in [2.45, 2.75) is 6.42 Å². The van der Waals surface area contributed by atoms with E-state index < -0.39 is 0 Å². The van der Waals surface area contributed by atoms with Crippen LogP contribution >= 0.6 is 0 Å². The summed E-state index contributed by atoms with van der Waals surface area (Å²) in [6.07, 6.45) is 0.855. The summed E-state index contributed by atoms with van der Waals surface area (Å²) in [6.45, 7) is 0.673. The van der Waals surface area contributed by atoms with Crippen LogP contribution in [0.1, 0.15) is 5.56 Å². The molecule has 3 rings (SSSR count). The number of rotatable bonds is 2. The van der Waals surface area contributed by atoms with Gasteiger partial charge >= 0.3 is 0 Å². The fourth-order valence-electron chi connectivity index (χ4n) is 2.18. The molecular formula is C13H13NO3. The van der Waals surface area contributed by atoms with Crippen molar-refractivity contribution in [1.29, 1.82) is 0 Å². The number of benzene rings is 1. The van der Waals surface area contributed by atoms with Gasteiger partial charge in [-0.3, -0.25) is 0 Å². The van der Waals surface area contributed by atoms with Gasteiger partial charge in [0.25, 0.3) is 0 Å². The van der Waals surface area contributed by atoms with Crippen molar-refractivity contribution in [3.63, 3.8) is 0 Å². The molecule has 2 aromatic rings. The highest BCUT2D eigenvalue weighted by Crippen LogP contribution is 2.38. The molecule has 1 aliphatic rings.